The molecule has 150 valence electrons. The summed E-state index contributed by atoms with van der Waals surface area (Å²) in [6.07, 6.45) is 0. The topological polar surface area (TPSA) is 94.9 Å². The Balaban J connectivity index is 1.83. The van der Waals surface area contributed by atoms with Crippen LogP contribution in [0.15, 0.2) is 29.1 Å². The molecule has 0 radical (unpaired) electrons. The smallest absolute Gasteiger partial charge is 0.255 e. The van der Waals surface area contributed by atoms with E-state index >= 15 is 0 Å². The maximum absolute atomic E-state index is 12.6. The Bertz CT molecular complexity index is 883. The molecule has 9 heteroatoms. The number of nitrogens with one attached hydrogen (secondary N) is 1. The van der Waals surface area contributed by atoms with Gasteiger partial charge >= 0.3 is 0 Å². The standard InChI is InChI=1S/C19H24N4O5/c1-13-8-18(25)23(19(20-13)22-4-6-28-7-5-22)12-17(24)21-14-9-15(26-2)11-16(10-14)27-3/h8-11H,4-7,12H2,1-3H3,(H,21,24). The number of carbonyl (C=O) groups is 1. The molecule has 28 heavy (non-hydrogen) atoms. The minimum absolute atomic E-state index is 0.154. The Hall–Kier alpha value is -3.07. The van der Waals surface area contributed by atoms with Gasteiger partial charge in [-0.2, -0.15) is 0 Å². The van der Waals surface area contributed by atoms with Gasteiger partial charge in [-0.05, 0) is 6.92 Å². The summed E-state index contributed by atoms with van der Waals surface area (Å²) in [5.41, 5.74) is 0.857. The number of benzene rings is 1. The molecule has 1 aliphatic rings. The molecule has 0 unspecified atom stereocenters. The van der Waals surface area contributed by atoms with E-state index in [0.29, 0.717) is 55.1 Å². The largest absolute Gasteiger partial charge is 0.497 e. The second-order valence-corrected chi connectivity index (χ2v) is 6.37. The van der Waals surface area contributed by atoms with E-state index in [2.05, 4.69) is 10.3 Å². The van der Waals surface area contributed by atoms with Crippen molar-refractivity contribution < 1.29 is 19.0 Å². The van der Waals surface area contributed by atoms with Gasteiger partial charge in [-0.3, -0.25) is 14.2 Å². The first-order valence-corrected chi connectivity index (χ1v) is 8.94. The molecule has 9 nitrogen and oxygen atoms in total. The summed E-state index contributed by atoms with van der Waals surface area (Å²) in [6, 6.07) is 6.49. The van der Waals surface area contributed by atoms with E-state index in [0.717, 1.165) is 0 Å². The molecule has 1 amide bonds. The molecule has 1 aromatic carbocycles. The van der Waals surface area contributed by atoms with Crippen molar-refractivity contribution in [2.24, 2.45) is 0 Å². The third-order valence-electron chi connectivity index (χ3n) is 4.35. The van der Waals surface area contributed by atoms with E-state index in [4.69, 9.17) is 14.2 Å². The minimum Gasteiger partial charge on any atom is -0.497 e. The van der Waals surface area contributed by atoms with Crippen LogP contribution in [0.3, 0.4) is 0 Å². The molecule has 0 saturated carbocycles. The average molecular weight is 388 g/mol. The van der Waals surface area contributed by atoms with E-state index < -0.39 is 0 Å². The van der Waals surface area contributed by atoms with Crippen molar-refractivity contribution in [1.29, 1.82) is 0 Å². The molecule has 1 saturated heterocycles. The number of hydrogen-bond acceptors (Lipinski definition) is 7. The molecule has 0 aliphatic carbocycles. The molecule has 1 N–H and O–H groups in total. The van der Waals surface area contributed by atoms with Gasteiger partial charge in [0, 0.05) is 48.7 Å². The number of aryl methyl sites for hydroxylation is 1. The molecular formula is C19H24N4O5. The van der Waals surface area contributed by atoms with Crippen LogP contribution < -0.4 is 25.2 Å². The van der Waals surface area contributed by atoms with Crippen LogP contribution >= 0.6 is 0 Å². The lowest BCUT2D eigenvalue weighted by molar-refractivity contribution is -0.116. The summed E-state index contributed by atoms with van der Waals surface area (Å²) in [5, 5.41) is 2.78. The van der Waals surface area contributed by atoms with Gasteiger partial charge in [-0.1, -0.05) is 0 Å². The van der Waals surface area contributed by atoms with E-state index in [1.165, 1.54) is 24.9 Å². The average Bonchev–Trinajstić information content (AvgIpc) is 2.70. The number of aromatic nitrogens is 2. The van der Waals surface area contributed by atoms with Crippen LogP contribution in [0.2, 0.25) is 0 Å². The second kappa shape index (κ2) is 8.75. The quantitative estimate of drug-likeness (QED) is 0.790. The zero-order valence-electron chi connectivity index (χ0n) is 16.2. The van der Waals surface area contributed by atoms with Gasteiger partial charge in [0.25, 0.3) is 5.56 Å². The Morgan fingerprint density at radius 1 is 1.14 bits per heavy atom. The van der Waals surface area contributed by atoms with Crippen LogP contribution in [0.4, 0.5) is 11.6 Å². The number of hydrogen-bond donors (Lipinski definition) is 1. The summed E-state index contributed by atoms with van der Waals surface area (Å²) < 4.78 is 17.2. The molecule has 1 fully saturated rings. The number of carbonyl (C=O) groups excluding carboxylic acids is 1. The van der Waals surface area contributed by atoms with Gasteiger partial charge in [0.1, 0.15) is 18.0 Å². The summed E-state index contributed by atoms with van der Waals surface area (Å²) in [5.74, 6) is 1.24. The normalized spacial score (nSPS) is 13.9. The maximum Gasteiger partial charge on any atom is 0.255 e. The Morgan fingerprint density at radius 3 is 2.39 bits per heavy atom. The lowest BCUT2D eigenvalue weighted by atomic mass is 10.2. The maximum atomic E-state index is 12.6. The summed E-state index contributed by atoms with van der Waals surface area (Å²) in [6.45, 7) is 3.95. The number of nitrogens with zero attached hydrogens (tertiary/aromatic N) is 3. The molecule has 3 rings (SSSR count). The van der Waals surface area contributed by atoms with Crippen molar-refractivity contribution in [3.05, 3.63) is 40.3 Å². The van der Waals surface area contributed by atoms with Gasteiger partial charge in [0.2, 0.25) is 11.9 Å². The number of anilines is 2. The Kier molecular flexibility index (Phi) is 6.15. The molecule has 1 aliphatic heterocycles. The highest BCUT2D eigenvalue weighted by molar-refractivity contribution is 5.91. The van der Waals surface area contributed by atoms with Crippen LogP contribution in [0.1, 0.15) is 5.69 Å². The van der Waals surface area contributed by atoms with E-state index in [9.17, 15) is 9.59 Å². The Labute approximate surface area is 162 Å². The SMILES string of the molecule is COc1cc(NC(=O)Cn2c(N3CCOCC3)nc(C)cc2=O)cc(OC)c1. The summed E-state index contributed by atoms with van der Waals surface area (Å²) >= 11 is 0. The van der Waals surface area contributed by atoms with Gasteiger partial charge in [-0.25, -0.2) is 4.98 Å². The van der Waals surface area contributed by atoms with Crippen molar-refractivity contribution in [3.8, 4) is 11.5 Å². The first-order valence-electron chi connectivity index (χ1n) is 8.94. The van der Waals surface area contributed by atoms with Crippen molar-refractivity contribution in [2.75, 3.05) is 50.7 Å². The number of morpholine rings is 1. The van der Waals surface area contributed by atoms with Crippen LogP contribution in [0.5, 0.6) is 11.5 Å². The highest BCUT2D eigenvalue weighted by atomic mass is 16.5. The third-order valence-corrected chi connectivity index (χ3v) is 4.35. The minimum atomic E-state index is -0.349. The molecule has 2 aromatic rings. The van der Waals surface area contributed by atoms with Gasteiger partial charge in [0.05, 0.1) is 27.4 Å². The molecule has 0 spiro atoms. The molecular weight excluding hydrogens is 364 g/mol. The highest BCUT2D eigenvalue weighted by Gasteiger charge is 2.19. The van der Waals surface area contributed by atoms with Crippen molar-refractivity contribution in [3.63, 3.8) is 0 Å². The lowest BCUT2D eigenvalue weighted by Crippen LogP contribution is -2.41. The first-order chi connectivity index (χ1) is 13.5. The monoisotopic (exact) mass is 388 g/mol. The van der Waals surface area contributed by atoms with E-state index in [1.54, 1.807) is 25.1 Å². The zero-order chi connectivity index (χ0) is 20.1. The fourth-order valence-corrected chi connectivity index (χ4v) is 2.98. The predicted octanol–water partition coefficient (Wildman–Crippen LogP) is 1.04. The van der Waals surface area contributed by atoms with E-state index in [1.807, 2.05) is 4.90 Å². The number of amides is 1. The van der Waals surface area contributed by atoms with Gasteiger partial charge in [0.15, 0.2) is 0 Å². The van der Waals surface area contributed by atoms with Crippen molar-refractivity contribution >= 4 is 17.5 Å². The summed E-state index contributed by atoms with van der Waals surface area (Å²) in [4.78, 5) is 31.6. The van der Waals surface area contributed by atoms with E-state index in [-0.39, 0.29) is 18.0 Å². The number of ether oxygens (including phenoxy) is 3. The van der Waals surface area contributed by atoms with Gasteiger partial charge in [-0.15, -0.1) is 0 Å². The second-order valence-electron chi connectivity index (χ2n) is 6.37. The van der Waals surface area contributed by atoms with Crippen molar-refractivity contribution in [2.45, 2.75) is 13.5 Å². The third kappa shape index (κ3) is 4.61. The molecule has 2 heterocycles. The molecule has 0 bridgehead atoms. The lowest BCUT2D eigenvalue weighted by Gasteiger charge is -2.29. The van der Waals surface area contributed by atoms with Crippen LogP contribution in [-0.4, -0.2) is 56.0 Å². The van der Waals surface area contributed by atoms with Crippen LogP contribution in [0, 0.1) is 6.92 Å². The highest BCUT2D eigenvalue weighted by Crippen LogP contribution is 2.25. The zero-order valence-corrected chi connectivity index (χ0v) is 16.2. The Morgan fingerprint density at radius 2 is 1.79 bits per heavy atom. The number of methoxy groups -OCH3 is 2. The fraction of sp³-hybridized carbons (Fsp3) is 0.421. The van der Waals surface area contributed by atoms with Crippen molar-refractivity contribution in [1.82, 2.24) is 9.55 Å². The molecule has 0 atom stereocenters. The molecule has 1 aromatic heterocycles. The van der Waals surface area contributed by atoms with Gasteiger partial charge < -0.3 is 24.4 Å². The van der Waals surface area contributed by atoms with Crippen LogP contribution in [-0.2, 0) is 16.1 Å². The first kappa shape index (κ1) is 19.7. The number of rotatable bonds is 6. The summed E-state index contributed by atoms with van der Waals surface area (Å²) in [7, 11) is 3.07. The van der Waals surface area contributed by atoms with Crippen LogP contribution in [0.25, 0.3) is 0 Å². The predicted molar refractivity (Wildman–Crippen MR) is 104 cm³/mol. The fourth-order valence-electron chi connectivity index (χ4n) is 2.98.